The van der Waals surface area contributed by atoms with Crippen LogP contribution in [0.25, 0.3) is 0 Å². The molecule has 1 saturated heterocycles. The topological polar surface area (TPSA) is 40.6 Å². The Balaban J connectivity index is 2.15. The average Bonchev–Trinajstić information content (AvgIpc) is 2.81. The minimum Gasteiger partial charge on any atom is -0.439 e. The van der Waals surface area contributed by atoms with E-state index in [0.29, 0.717) is 6.20 Å². The molecule has 0 radical (unpaired) electrons. The van der Waals surface area contributed by atoms with E-state index in [0.717, 1.165) is 6.07 Å². The molecule has 0 aliphatic carbocycles. The second-order valence-electron chi connectivity index (χ2n) is 8.19. The summed E-state index contributed by atoms with van der Waals surface area (Å²) in [4.78, 5) is 3.82. The first-order valence-corrected chi connectivity index (χ1v) is 9.20. The number of hydrogen-bond donors (Lipinski definition) is 0. The van der Waals surface area contributed by atoms with Gasteiger partial charge >= 0.3 is 13.3 Å². The molecule has 0 amide bonds. The summed E-state index contributed by atoms with van der Waals surface area (Å²) >= 11 is 0. The molecule has 1 aromatic heterocycles. The van der Waals surface area contributed by atoms with Gasteiger partial charge in [-0.15, -0.1) is 0 Å². The van der Waals surface area contributed by atoms with Crippen LogP contribution in [0.1, 0.15) is 44.4 Å². The van der Waals surface area contributed by atoms with Crippen LogP contribution in [0.15, 0.2) is 18.3 Å². The zero-order valence-electron chi connectivity index (χ0n) is 17.4. The number of benzene rings is 1. The molecule has 1 aliphatic rings. The number of hydrogen-bond acceptors (Lipinski definition) is 4. The first kappa shape index (κ1) is 22.5. The van der Waals surface area contributed by atoms with Crippen molar-refractivity contribution in [1.82, 2.24) is 4.98 Å². The summed E-state index contributed by atoms with van der Waals surface area (Å²) in [5.41, 5.74) is -3.02. The molecule has 0 unspecified atom stereocenters. The van der Waals surface area contributed by atoms with Gasteiger partial charge in [-0.1, -0.05) is 0 Å². The van der Waals surface area contributed by atoms with Gasteiger partial charge in [0.25, 0.3) is 0 Å². The van der Waals surface area contributed by atoms with E-state index in [-0.39, 0.29) is 28.2 Å². The lowest BCUT2D eigenvalue weighted by Crippen LogP contribution is -2.41. The van der Waals surface area contributed by atoms with Gasteiger partial charge in [0.1, 0.15) is 5.75 Å². The summed E-state index contributed by atoms with van der Waals surface area (Å²) in [6.07, 6.45) is -4.03. The van der Waals surface area contributed by atoms with Crippen LogP contribution in [0, 0.1) is 25.5 Å². The van der Waals surface area contributed by atoms with Crippen molar-refractivity contribution in [2.24, 2.45) is 0 Å². The van der Waals surface area contributed by atoms with Crippen LogP contribution in [0.3, 0.4) is 0 Å². The monoisotopic (exact) mass is 429 g/mol. The molecule has 30 heavy (non-hydrogen) atoms. The highest BCUT2D eigenvalue weighted by molar-refractivity contribution is 6.63. The van der Waals surface area contributed by atoms with Gasteiger partial charge in [0.15, 0.2) is 11.6 Å². The molecule has 1 aromatic carbocycles. The Morgan fingerprint density at radius 2 is 1.53 bits per heavy atom. The van der Waals surface area contributed by atoms with Crippen molar-refractivity contribution >= 4 is 12.6 Å². The van der Waals surface area contributed by atoms with Crippen molar-refractivity contribution < 1.29 is 36.0 Å². The zero-order valence-corrected chi connectivity index (χ0v) is 17.4. The van der Waals surface area contributed by atoms with Gasteiger partial charge in [0.2, 0.25) is 5.88 Å². The fourth-order valence-electron chi connectivity index (χ4n) is 3.05. The number of pyridine rings is 1. The second kappa shape index (κ2) is 7.20. The Kier molecular flexibility index (Phi) is 5.39. The van der Waals surface area contributed by atoms with E-state index in [9.17, 15) is 22.0 Å². The van der Waals surface area contributed by atoms with Gasteiger partial charge in [-0.3, -0.25) is 0 Å². The van der Waals surface area contributed by atoms with Crippen LogP contribution >= 0.6 is 0 Å². The minimum atomic E-state index is -4.66. The molecular weight excluding hydrogens is 408 g/mol. The number of alkyl halides is 3. The molecule has 0 spiro atoms. The van der Waals surface area contributed by atoms with Crippen LogP contribution in [0.2, 0.25) is 0 Å². The third kappa shape index (κ3) is 3.78. The predicted molar refractivity (Wildman–Crippen MR) is 101 cm³/mol. The maximum atomic E-state index is 13.9. The molecule has 0 saturated carbocycles. The summed E-state index contributed by atoms with van der Waals surface area (Å²) in [6, 6.07) is 2.04. The van der Waals surface area contributed by atoms with E-state index in [2.05, 4.69) is 4.98 Å². The summed E-state index contributed by atoms with van der Waals surface area (Å²) < 4.78 is 85.3. The van der Waals surface area contributed by atoms with Crippen molar-refractivity contribution in [3.05, 3.63) is 46.7 Å². The van der Waals surface area contributed by atoms with Crippen LogP contribution in [0.4, 0.5) is 22.0 Å². The molecule has 1 aliphatic heterocycles. The van der Waals surface area contributed by atoms with Gasteiger partial charge in [0.05, 0.1) is 16.8 Å². The fourth-order valence-corrected chi connectivity index (χ4v) is 3.05. The number of halogens is 5. The Hall–Kier alpha value is -2.20. The molecule has 0 bridgehead atoms. The second-order valence-corrected chi connectivity index (χ2v) is 8.19. The summed E-state index contributed by atoms with van der Waals surface area (Å²) in [7, 11) is -1.20. The molecule has 4 nitrogen and oxygen atoms in total. The van der Waals surface area contributed by atoms with Crippen molar-refractivity contribution in [3.63, 3.8) is 0 Å². The van der Waals surface area contributed by atoms with Crippen LogP contribution < -0.4 is 10.2 Å². The van der Waals surface area contributed by atoms with Crippen molar-refractivity contribution in [2.45, 2.75) is 58.9 Å². The van der Waals surface area contributed by atoms with E-state index in [4.69, 9.17) is 14.0 Å². The van der Waals surface area contributed by atoms with Crippen LogP contribution in [-0.2, 0) is 15.5 Å². The number of ether oxygens (including phenoxy) is 1. The first-order valence-electron chi connectivity index (χ1n) is 9.20. The Morgan fingerprint density at radius 1 is 0.967 bits per heavy atom. The Morgan fingerprint density at radius 3 is 2.07 bits per heavy atom. The molecule has 0 atom stereocenters. The molecule has 2 aromatic rings. The largest absolute Gasteiger partial charge is 0.500 e. The van der Waals surface area contributed by atoms with Gasteiger partial charge in [-0.25, -0.2) is 13.8 Å². The summed E-state index contributed by atoms with van der Waals surface area (Å²) in [6.45, 7) is 9.56. The SMILES string of the molecule is Cc1c(Oc2ncc(C(F)(F)F)c(C)c2B2OC(C)(C)C(C)(C)O2)ccc(F)c1F. The maximum absolute atomic E-state index is 13.9. The standard InChI is InChI=1S/C20H21BF5NO3/c1-10-12(20(24,25)26)9-27-17(28-14-8-7-13(22)16(23)11(14)2)15(10)21-29-18(3,4)19(5,6)30-21/h7-9H,1-6H3. The smallest absolute Gasteiger partial charge is 0.439 e. The molecule has 2 heterocycles. The minimum absolute atomic E-state index is 0.0624. The van der Waals surface area contributed by atoms with E-state index >= 15 is 0 Å². The van der Waals surface area contributed by atoms with Gasteiger partial charge in [0, 0.05) is 17.2 Å². The number of rotatable bonds is 3. The Bertz CT molecular complexity index is 975. The first-order chi connectivity index (χ1) is 13.7. The third-order valence-electron chi connectivity index (χ3n) is 5.64. The average molecular weight is 429 g/mol. The van der Waals surface area contributed by atoms with Gasteiger partial charge in [-0.05, 0) is 59.2 Å². The summed E-state index contributed by atoms with van der Waals surface area (Å²) in [5, 5.41) is 0. The maximum Gasteiger partial charge on any atom is 0.500 e. The van der Waals surface area contributed by atoms with Crippen molar-refractivity contribution in [2.75, 3.05) is 0 Å². The predicted octanol–water partition coefficient (Wildman–Crippen LogP) is 5.09. The molecular formula is C20H21BF5NO3. The molecule has 0 N–H and O–H groups in total. The van der Waals surface area contributed by atoms with Crippen molar-refractivity contribution in [1.29, 1.82) is 0 Å². The highest BCUT2D eigenvalue weighted by atomic mass is 19.4. The fraction of sp³-hybridized carbons (Fsp3) is 0.450. The summed E-state index contributed by atoms with van der Waals surface area (Å²) in [5.74, 6) is -2.51. The van der Waals surface area contributed by atoms with Gasteiger partial charge < -0.3 is 14.0 Å². The molecule has 10 heteroatoms. The van der Waals surface area contributed by atoms with E-state index in [1.807, 2.05) is 0 Å². The lowest BCUT2D eigenvalue weighted by molar-refractivity contribution is -0.138. The molecule has 1 fully saturated rings. The highest BCUT2D eigenvalue weighted by Crippen LogP contribution is 2.39. The van der Waals surface area contributed by atoms with E-state index in [1.54, 1.807) is 27.7 Å². The normalized spacial score (nSPS) is 18.0. The number of nitrogens with zero attached hydrogens (tertiary/aromatic N) is 1. The molecule has 3 rings (SSSR count). The Labute approximate surface area is 171 Å². The zero-order chi connectivity index (χ0) is 22.6. The lowest BCUT2D eigenvalue weighted by Gasteiger charge is -2.32. The number of aromatic nitrogens is 1. The van der Waals surface area contributed by atoms with E-state index in [1.165, 1.54) is 19.9 Å². The molecule has 162 valence electrons. The van der Waals surface area contributed by atoms with Crippen molar-refractivity contribution in [3.8, 4) is 11.6 Å². The van der Waals surface area contributed by atoms with Crippen LogP contribution in [-0.4, -0.2) is 23.3 Å². The van der Waals surface area contributed by atoms with Gasteiger partial charge in [-0.2, -0.15) is 13.2 Å². The highest BCUT2D eigenvalue weighted by Gasteiger charge is 2.54. The lowest BCUT2D eigenvalue weighted by atomic mass is 9.75. The quantitative estimate of drug-likeness (QED) is 0.504. The van der Waals surface area contributed by atoms with Crippen LogP contribution in [0.5, 0.6) is 11.6 Å². The third-order valence-corrected chi connectivity index (χ3v) is 5.64. The van der Waals surface area contributed by atoms with E-state index < -0.39 is 41.7 Å².